The van der Waals surface area contributed by atoms with Crippen molar-refractivity contribution in [3.63, 3.8) is 0 Å². The van der Waals surface area contributed by atoms with Crippen LogP contribution >= 0.6 is 11.6 Å². The van der Waals surface area contributed by atoms with E-state index in [4.69, 9.17) is 27.8 Å². The van der Waals surface area contributed by atoms with E-state index in [0.717, 1.165) is 25.7 Å². The lowest BCUT2D eigenvalue weighted by Crippen LogP contribution is -2.31. The highest BCUT2D eigenvalue weighted by atomic mass is 35.5. The first-order valence-corrected chi connectivity index (χ1v) is 8.51. The van der Waals surface area contributed by atoms with E-state index in [1.165, 1.54) is 0 Å². The zero-order chi connectivity index (χ0) is 17.8. The SMILES string of the molecule is Nc1nc(NC(=O)c2cccc(Cl)c2)cc(OC2CCC(N)CC2)n1. The maximum atomic E-state index is 12.3. The first-order valence-electron chi connectivity index (χ1n) is 8.13. The van der Waals surface area contributed by atoms with Gasteiger partial charge in [0, 0.05) is 22.7 Å². The molecular weight excluding hydrogens is 342 g/mol. The van der Waals surface area contributed by atoms with Crippen LogP contribution in [0.25, 0.3) is 0 Å². The molecule has 1 amide bonds. The molecule has 0 atom stereocenters. The topological polar surface area (TPSA) is 116 Å². The maximum Gasteiger partial charge on any atom is 0.256 e. The quantitative estimate of drug-likeness (QED) is 0.770. The number of aromatic nitrogens is 2. The third kappa shape index (κ3) is 4.80. The van der Waals surface area contributed by atoms with Crippen molar-refractivity contribution in [1.29, 1.82) is 0 Å². The Labute approximate surface area is 150 Å². The second-order valence-electron chi connectivity index (χ2n) is 6.07. The first kappa shape index (κ1) is 17.4. The van der Waals surface area contributed by atoms with Gasteiger partial charge in [0.15, 0.2) is 0 Å². The molecule has 1 aromatic heterocycles. The number of rotatable bonds is 4. The minimum Gasteiger partial charge on any atom is -0.474 e. The summed E-state index contributed by atoms with van der Waals surface area (Å²) in [5.41, 5.74) is 12.1. The molecule has 1 aromatic carbocycles. The van der Waals surface area contributed by atoms with Gasteiger partial charge in [-0.1, -0.05) is 17.7 Å². The van der Waals surface area contributed by atoms with Gasteiger partial charge in [-0.05, 0) is 43.9 Å². The van der Waals surface area contributed by atoms with Crippen molar-refractivity contribution in [2.75, 3.05) is 11.1 Å². The zero-order valence-corrected chi connectivity index (χ0v) is 14.4. The van der Waals surface area contributed by atoms with E-state index in [1.807, 2.05) is 0 Å². The predicted molar refractivity (Wildman–Crippen MR) is 96.7 cm³/mol. The second-order valence-corrected chi connectivity index (χ2v) is 6.51. The molecular formula is C17H20ClN5O2. The standard InChI is InChI=1S/C17H20ClN5O2/c18-11-3-1-2-10(8-11)16(24)21-14-9-15(23-17(20)22-14)25-13-6-4-12(19)5-7-13/h1-3,8-9,12-13H,4-7,19H2,(H3,20,21,22,23,24). The van der Waals surface area contributed by atoms with Crippen LogP contribution in [-0.4, -0.2) is 28.0 Å². The van der Waals surface area contributed by atoms with Crippen molar-refractivity contribution in [2.24, 2.45) is 5.73 Å². The van der Waals surface area contributed by atoms with Crippen molar-refractivity contribution in [1.82, 2.24) is 9.97 Å². The summed E-state index contributed by atoms with van der Waals surface area (Å²) in [6.07, 6.45) is 3.63. The fourth-order valence-electron chi connectivity index (χ4n) is 2.76. The number of benzene rings is 1. The van der Waals surface area contributed by atoms with Crippen molar-refractivity contribution in [2.45, 2.75) is 37.8 Å². The Morgan fingerprint density at radius 1 is 1.20 bits per heavy atom. The number of nitrogens with two attached hydrogens (primary N) is 2. The number of carbonyl (C=O) groups excluding carboxylic acids is 1. The number of carbonyl (C=O) groups is 1. The lowest BCUT2D eigenvalue weighted by atomic mass is 9.94. The van der Waals surface area contributed by atoms with Gasteiger partial charge in [-0.15, -0.1) is 0 Å². The molecule has 1 saturated carbocycles. The molecule has 5 N–H and O–H groups in total. The Bertz CT molecular complexity index is 762. The highest BCUT2D eigenvalue weighted by molar-refractivity contribution is 6.31. The summed E-state index contributed by atoms with van der Waals surface area (Å²) in [6.45, 7) is 0. The van der Waals surface area contributed by atoms with E-state index in [1.54, 1.807) is 30.3 Å². The monoisotopic (exact) mass is 361 g/mol. The van der Waals surface area contributed by atoms with Crippen molar-refractivity contribution >= 4 is 29.3 Å². The molecule has 0 radical (unpaired) electrons. The normalized spacial score (nSPS) is 20.1. The molecule has 1 aliphatic carbocycles. The first-order chi connectivity index (χ1) is 12.0. The highest BCUT2D eigenvalue weighted by Gasteiger charge is 2.21. The summed E-state index contributed by atoms with van der Waals surface area (Å²) < 4.78 is 5.87. The summed E-state index contributed by atoms with van der Waals surface area (Å²) in [5.74, 6) is 0.316. The van der Waals surface area contributed by atoms with Gasteiger partial charge in [0.25, 0.3) is 5.91 Å². The van der Waals surface area contributed by atoms with E-state index in [9.17, 15) is 4.79 Å². The van der Waals surface area contributed by atoms with E-state index in [-0.39, 0.29) is 29.8 Å². The van der Waals surface area contributed by atoms with Gasteiger partial charge in [0.05, 0.1) is 0 Å². The van der Waals surface area contributed by atoms with Crippen molar-refractivity contribution in [3.8, 4) is 5.88 Å². The molecule has 0 bridgehead atoms. The van der Waals surface area contributed by atoms with Gasteiger partial charge >= 0.3 is 0 Å². The van der Waals surface area contributed by atoms with Crippen LogP contribution in [-0.2, 0) is 0 Å². The van der Waals surface area contributed by atoms with Crippen LogP contribution in [0.1, 0.15) is 36.0 Å². The van der Waals surface area contributed by atoms with Crippen LogP contribution in [0.2, 0.25) is 5.02 Å². The van der Waals surface area contributed by atoms with Crippen LogP contribution in [0, 0.1) is 0 Å². The highest BCUT2D eigenvalue weighted by Crippen LogP contribution is 2.24. The molecule has 0 spiro atoms. The molecule has 3 rings (SSSR count). The fourth-order valence-corrected chi connectivity index (χ4v) is 2.95. The Hall–Kier alpha value is -2.38. The van der Waals surface area contributed by atoms with E-state index < -0.39 is 0 Å². The third-order valence-electron chi connectivity index (χ3n) is 4.05. The van der Waals surface area contributed by atoms with Crippen LogP contribution in [0.15, 0.2) is 30.3 Å². The van der Waals surface area contributed by atoms with E-state index in [2.05, 4.69) is 15.3 Å². The Balaban J connectivity index is 1.70. The van der Waals surface area contributed by atoms with Gasteiger partial charge in [-0.3, -0.25) is 4.79 Å². The van der Waals surface area contributed by atoms with Gasteiger partial charge in [-0.25, -0.2) is 0 Å². The molecule has 0 aliphatic heterocycles. The Morgan fingerprint density at radius 2 is 1.96 bits per heavy atom. The van der Waals surface area contributed by atoms with Gasteiger partial charge in [0.2, 0.25) is 11.8 Å². The summed E-state index contributed by atoms with van der Waals surface area (Å²) >= 11 is 5.91. The number of hydrogen-bond acceptors (Lipinski definition) is 6. The second kappa shape index (κ2) is 7.67. The average Bonchev–Trinajstić information content (AvgIpc) is 2.56. The Morgan fingerprint density at radius 3 is 2.68 bits per heavy atom. The molecule has 1 aliphatic rings. The number of nitrogen functional groups attached to an aromatic ring is 1. The van der Waals surface area contributed by atoms with Crippen molar-refractivity contribution in [3.05, 3.63) is 40.9 Å². The predicted octanol–water partition coefficient (Wildman–Crippen LogP) is 2.61. The average molecular weight is 362 g/mol. The molecule has 25 heavy (non-hydrogen) atoms. The molecule has 8 heteroatoms. The minimum atomic E-state index is -0.338. The molecule has 2 aromatic rings. The number of hydrogen-bond donors (Lipinski definition) is 3. The van der Waals surface area contributed by atoms with Crippen LogP contribution in [0.5, 0.6) is 5.88 Å². The van der Waals surface area contributed by atoms with E-state index >= 15 is 0 Å². The van der Waals surface area contributed by atoms with Crippen LogP contribution < -0.4 is 21.5 Å². The molecule has 7 nitrogen and oxygen atoms in total. The summed E-state index contributed by atoms with van der Waals surface area (Å²) in [7, 11) is 0. The van der Waals surface area contributed by atoms with Crippen molar-refractivity contribution < 1.29 is 9.53 Å². The van der Waals surface area contributed by atoms with Crippen LogP contribution in [0.3, 0.4) is 0 Å². The minimum absolute atomic E-state index is 0.0337. The maximum absolute atomic E-state index is 12.3. The van der Waals surface area contributed by atoms with Crippen LogP contribution in [0.4, 0.5) is 11.8 Å². The van der Waals surface area contributed by atoms with Gasteiger partial charge in [-0.2, -0.15) is 9.97 Å². The summed E-state index contributed by atoms with van der Waals surface area (Å²) in [6, 6.07) is 8.44. The largest absolute Gasteiger partial charge is 0.474 e. The third-order valence-corrected chi connectivity index (χ3v) is 4.29. The summed E-state index contributed by atoms with van der Waals surface area (Å²) in [4.78, 5) is 20.4. The molecule has 132 valence electrons. The van der Waals surface area contributed by atoms with Gasteiger partial charge in [0.1, 0.15) is 11.9 Å². The number of ether oxygens (including phenoxy) is 1. The lowest BCUT2D eigenvalue weighted by Gasteiger charge is -2.26. The number of anilines is 2. The summed E-state index contributed by atoms with van der Waals surface area (Å²) in [5, 5.41) is 3.16. The lowest BCUT2D eigenvalue weighted by molar-refractivity contribution is 0.102. The molecule has 0 saturated heterocycles. The number of halogens is 1. The zero-order valence-electron chi connectivity index (χ0n) is 13.6. The fraction of sp³-hybridized carbons (Fsp3) is 0.353. The molecule has 0 unspecified atom stereocenters. The smallest absolute Gasteiger partial charge is 0.256 e. The number of nitrogens with zero attached hydrogens (tertiary/aromatic N) is 2. The van der Waals surface area contributed by atoms with E-state index in [0.29, 0.717) is 16.5 Å². The number of amides is 1. The molecule has 1 fully saturated rings. The Kier molecular flexibility index (Phi) is 5.35. The molecule has 1 heterocycles. The number of nitrogens with one attached hydrogen (secondary N) is 1. The van der Waals surface area contributed by atoms with Gasteiger partial charge < -0.3 is 21.5 Å².